The molecule has 0 radical (unpaired) electrons. The summed E-state index contributed by atoms with van der Waals surface area (Å²) in [6.45, 7) is 1.56. The van der Waals surface area contributed by atoms with E-state index in [-0.39, 0.29) is 5.78 Å². The predicted molar refractivity (Wildman–Crippen MR) is 72.9 cm³/mol. The van der Waals surface area contributed by atoms with Gasteiger partial charge in [0.2, 0.25) is 0 Å². The Kier molecular flexibility index (Phi) is 2.64. The summed E-state index contributed by atoms with van der Waals surface area (Å²) in [4.78, 5) is 20.6. The van der Waals surface area contributed by atoms with Crippen molar-refractivity contribution >= 4 is 28.0 Å². The van der Waals surface area contributed by atoms with Crippen LogP contribution in [0.15, 0.2) is 42.7 Å². The fourth-order valence-electron chi connectivity index (χ4n) is 1.84. The van der Waals surface area contributed by atoms with Crippen molar-refractivity contribution in [1.29, 1.82) is 0 Å². The van der Waals surface area contributed by atoms with E-state index in [4.69, 9.17) is 0 Å². The molecule has 0 bridgehead atoms. The first-order valence-electron chi connectivity index (χ1n) is 5.56. The lowest BCUT2D eigenvalue weighted by Crippen LogP contribution is -1.83. The van der Waals surface area contributed by atoms with Crippen LogP contribution in [-0.4, -0.2) is 15.8 Å². The molecule has 0 saturated carbocycles. The molecule has 3 nitrogen and oxygen atoms in total. The standard InChI is InChI=1S/C14H10N2OS/c1-9(17)13-8-16-14(18-13)11-6-7-15-12-5-3-2-4-10(11)12/h2-8H,1H3. The maximum Gasteiger partial charge on any atom is 0.171 e. The highest BCUT2D eigenvalue weighted by molar-refractivity contribution is 7.17. The summed E-state index contributed by atoms with van der Waals surface area (Å²) in [6, 6.07) is 9.87. The van der Waals surface area contributed by atoms with Crippen molar-refractivity contribution in [3.05, 3.63) is 47.6 Å². The number of hydrogen-bond donors (Lipinski definition) is 0. The van der Waals surface area contributed by atoms with Crippen LogP contribution in [-0.2, 0) is 0 Å². The Balaban J connectivity index is 2.21. The second-order valence-corrected chi connectivity index (χ2v) is 4.99. The number of carbonyl (C=O) groups excluding carboxylic acids is 1. The number of ketones is 1. The van der Waals surface area contributed by atoms with Gasteiger partial charge < -0.3 is 0 Å². The summed E-state index contributed by atoms with van der Waals surface area (Å²) in [6.07, 6.45) is 3.41. The SMILES string of the molecule is CC(=O)c1cnc(-c2ccnc3ccccc23)s1. The van der Waals surface area contributed by atoms with Crippen molar-refractivity contribution in [1.82, 2.24) is 9.97 Å². The number of carbonyl (C=O) groups is 1. The van der Waals surface area contributed by atoms with Gasteiger partial charge in [0, 0.05) is 30.3 Å². The maximum atomic E-state index is 11.3. The van der Waals surface area contributed by atoms with E-state index in [9.17, 15) is 4.79 Å². The third-order valence-electron chi connectivity index (χ3n) is 2.73. The zero-order chi connectivity index (χ0) is 12.5. The molecule has 0 fully saturated rings. The van der Waals surface area contributed by atoms with Crippen LogP contribution in [0.3, 0.4) is 0 Å². The van der Waals surface area contributed by atoms with Gasteiger partial charge in [-0.2, -0.15) is 0 Å². The molecule has 4 heteroatoms. The van der Waals surface area contributed by atoms with Crippen molar-refractivity contribution < 1.29 is 4.79 Å². The number of hydrogen-bond acceptors (Lipinski definition) is 4. The largest absolute Gasteiger partial charge is 0.294 e. The number of fused-ring (bicyclic) bond motifs is 1. The number of benzene rings is 1. The molecule has 0 spiro atoms. The highest BCUT2D eigenvalue weighted by atomic mass is 32.1. The van der Waals surface area contributed by atoms with Gasteiger partial charge in [-0.15, -0.1) is 11.3 Å². The van der Waals surface area contributed by atoms with Crippen LogP contribution in [0.5, 0.6) is 0 Å². The molecule has 3 aromatic rings. The van der Waals surface area contributed by atoms with Gasteiger partial charge in [-0.1, -0.05) is 18.2 Å². The fourth-order valence-corrected chi connectivity index (χ4v) is 2.69. The monoisotopic (exact) mass is 254 g/mol. The van der Waals surface area contributed by atoms with Gasteiger partial charge in [-0.3, -0.25) is 9.78 Å². The minimum atomic E-state index is 0.0529. The lowest BCUT2D eigenvalue weighted by molar-refractivity contribution is 0.102. The second-order valence-electron chi connectivity index (χ2n) is 3.96. The Labute approximate surface area is 108 Å². The number of pyridine rings is 1. The molecule has 0 aliphatic heterocycles. The van der Waals surface area contributed by atoms with Crippen molar-refractivity contribution in [3.8, 4) is 10.6 Å². The van der Waals surface area contributed by atoms with Crippen LogP contribution in [0.25, 0.3) is 21.5 Å². The lowest BCUT2D eigenvalue weighted by atomic mass is 10.1. The Morgan fingerprint density at radius 2 is 2.00 bits per heavy atom. The highest BCUT2D eigenvalue weighted by Gasteiger charge is 2.10. The minimum Gasteiger partial charge on any atom is -0.294 e. The van der Waals surface area contributed by atoms with Crippen LogP contribution in [0, 0.1) is 0 Å². The molecule has 0 N–H and O–H groups in total. The summed E-state index contributed by atoms with van der Waals surface area (Å²) in [5, 5.41) is 1.92. The van der Waals surface area contributed by atoms with Gasteiger partial charge in [0.15, 0.2) is 5.78 Å². The molecule has 0 saturated heterocycles. The topological polar surface area (TPSA) is 42.9 Å². The van der Waals surface area contributed by atoms with Crippen molar-refractivity contribution in [3.63, 3.8) is 0 Å². The average molecular weight is 254 g/mol. The van der Waals surface area contributed by atoms with E-state index in [0.29, 0.717) is 4.88 Å². The molecule has 3 rings (SSSR count). The number of thiazole rings is 1. The van der Waals surface area contributed by atoms with Gasteiger partial charge in [0.1, 0.15) is 5.01 Å². The Bertz CT molecular complexity index is 728. The molecule has 18 heavy (non-hydrogen) atoms. The van der Waals surface area contributed by atoms with Crippen LogP contribution in [0.2, 0.25) is 0 Å². The van der Waals surface area contributed by atoms with E-state index < -0.39 is 0 Å². The quantitative estimate of drug-likeness (QED) is 0.657. The normalized spacial score (nSPS) is 10.7. The van der Waals surface area contributed by atoms with E-state index in [1.54, 1.807) is 19.3 Å². The molecule has 0 amide bonds. The number of Topliss-reactive ketones (excluding diaryl/α,β-unsaturated/α-hetero) is 1. The molecule has 0 aliphatic rings. The zero-order valence-electron chi connectivity index (χ0n) is 9.75. The van der Waals surface area contributed by atoms with Crippen molar-refractivity contribution in [2.75, 3.05) is 0 Å². The van der Waals surface area contributed by atoms with Crippen LogP contribution < -0.4 is 0 Å². The minimum absolute atomic E-state index is 0.0529. The summed E-state index contributed by atoms with van der Waals surface area (Å²) in [5.74, 6) is 0.0529. The van der Waals surface area contributed by atoms with E-state index in [0.717, 1.165) is 21.5 Å². The Hall–Kier alpha value is -2.07. The molecule has 1 aromatic carbocycles. The summed E-state index contributed by atoms with van der Waals surface area (Å²) in [5.41, 5.74) is 1.97. The third kappa shape index (κ3) is 1.80. The van der Waals surface area contributed by atoms with E-state index >= 15 is 0 Å². The predicted octanol–water partition coefficient (Wildman–Crippen LogP) is 3.56. The number of nitrogens with zero attached hydrogens (tertiary/aromatic N) is 2. The van der Waals surface area contributed by atoms with Gasteiger partial charge >= 0.3 is 0 Å². The fraction of sp³-hybridized carbons (Fsp3) is 0.0714. The van der Waals surface area contributed by atoms with E-state index in [2.05, 4.69) is 9.97 Å². The number of para-hydroxylation sites is 1. The molecule has 0 aliphatic carbocycles. The molecule has 2 heterocycles. The van der Waals surface area contributed by atoms with Gasteiger partial charge in [-0.25, -0.2) is 4.98 Å². The molecule has 0 atom stereocenters. The van der Waals surface area contributed by atoms with Gasteiger partial charge in [0.05, 0.1) is 10.4 Å². The third-order valence-corrected chi connectivity index (χ3v) is 3.86. The van der Waals surface area contributed by atoms with E-state index in [1.165, 1.54) is 11.3 Å². The molecular weight excluding hydrogens is 244 g/mol. The number of aromatic nitrogens is 2. The summed E-state index contributed by atoms with van der Waals surface area (Å²) < 4.78 is 0. The first kappa shape index (κ1) is 11.0. The molecular formula is C14H10N2OS. The summed E-state index contributed by atoms with van der Waals surface area (Å²) in [7, 11) is 0. The molecule has 0 unspecified atom stereocenters. The van der Waals surface area contributed by atoms with Gasteiger partial charge in [0.25, 0.3) is 0 Å². The first-order chi connectivity index (χ1) is 8.75. The smallest absolute Gasteiger partial charge is 0.171 e. The van der Waals surface area contributed by atoms with Crippen LogP contribution >= 0.6 is 11.3 Å². The van der Waals surface area contributed by atoms with Crippen LogP contribution in [0.4, 0.5) is 0 Å². The van der Waals surface area contributed by atoms with Crippen LogP contribution in [0.1, 0.15) is 16.6 Å². The highest BCUT2D eigenvalue weighted by Crippen LogP contribution is 2.30. The summed E-state index contributed by atoms with van der Waals surface area (Å²) >= 11 is 1.42. The van der Waals surface area contributed by atoms with Crippen molar-refractivity contribution in [2.24, 2.45) is 0 Å². The number of rotatable bonds is 2. The maximum absolute atomic E-state index is 11.3. The zero-order valence-corrected chi connectivity index (χ0v) is 10.6. The average Bonchev–Trinajstić information content (AvgIpc) is 2.87. The Morgan fingerprint density at radius 3 is 2.78 bits per heavy atom. The Morgan fingerprint density at radius 1 is 1.17 bits per heavy atom. The molecule has 88 valence electrons. The van der Waals surface area contributed by atoms with Crippen molar-refractivity contribution in [2.45, 2.75) is 6.92 Å². The van der Waals surface area contributed by atoms with E-state index in [1.807, 2.05) is 30.3 Å². The first-order valence-corrected chi connectivity index (χ1v) is 6.38. The van der Waals surface area contributed by atoms with Gasteiger partial charge in [-0.05, 0) is 12.1 Å². The lowest BCUT2D eigenvalue weighted by Gasteiger charge is -2.01. The molecule has 2 aromatic heterocycles. The second kappa shape index (κ2) is 4.31.